The molecular weight excluding hydrogens is 474 g/mol. The van der Waals surface area contributed by atoms with E-state index in [0.717, 1.165) is 22.4 Å². The molecule has 0 radical (unpaired) electrons. The van der Waals surface area contributed by atoms with Gasteiger partial charge in [0.05, 0.1) is 4.90 Å². The van der Waals surface area contributed by atoms with Crippen molar-refractivity contribution in [1.29, 1.82) is 0 Å². The first-order chi connectivity index (χ1) is 15.8. The number of benzene rings is 2. The monoisotopic (exact) mass is 503 g/mol. The highest BCUT2D eigenvalue weighted by Crippen LogP contribution is 2.43. The zero-order valence-corrected chi connectivity index (χ0v) is 21.5. The molecular formula is C23H29N5O4S2. The lowest BCUT2D eigenvalue weighted by molar-refractivity contribution is 0.137. The van der Waals surface area contributed by atoms with Crippen molar-refractivity contribution in [2.45, 2.75) is 64.0 Å². The van der Waals surface area contributed by atoms with Gasteiger partial charge in [-0.15, -0.1) is 0 Å². The molecule has 0 fully saturated rings. The molecule has 0 aliphatic carbocycles. The first-order valence-electron chi connectivity index (χ1n) is 10.8. The number of sulfonamides is 1. The van der Waals surface area contributed by atoms with Crippen LogP contribution in [0.3, 0.4) is 0 Å². The van der Waals surface area contributed by atoms with E-state index in [1.54, 1.807) is 38.1 Å². The predicted molar refractivity (Wildman–Crippen MR) is 135 cm³/mol. The van der Waals surface area contributed by atoms with E-state index in [1.807, 2.05) is 20.8 Å². The van der Waals surface area contributed by atoms with Crippen LogP contribution in [0.2, 0.25) is 0 Å². The van der Waals surface area contributed by atoms with Gasteiger partial charge in [0.25, 0.3) is 10.0 Å². The number of rotatable bonds is 7. The zero-order valence-electron chi connectivity index (χ0n) is 19.8. The first kappa shape index (κ1) is 25.6. The van der Waals surface area contributed by atoms with Crippen LogP contribution in [0.5, 0.6) is 11.5 Å². The van der Waals surface area contributed by atoms with Crippen molar-refractivity contribution in [3.05, 3.63) is 62.5 Å². The highest BCUT2D eigenvalue weighted by molar-refractivity contribution is 7.92. The fourth-order valence-corrected chi connectivity index (χ4v) is 6.23. The highest BCUT2D eigenvalue weighted by atomic mass is 32.2. The topological polar surface area (TPSA) is 136 Å². The van der Waals surface area contributed by atoms with Crippen LogP contribution < -0.4 is 14.8 Å². The van der Waals surface area contributed by atoms with Crippen LogP contribution in [-0.2, 0) is 22.9 Å². The molecule has 1 aliphatic heterocycles. The number of nitrogens with one attached hydrogen (secondary N) is 2. The van der Waals surface area contributed by atoms with Crippen LogP contribution in [0.25, 0.3) is 10.4 Å². The molecule has 2 aromatic carbocycles. The third-order valence-electron chi connectivity index (χ3n) is 5.91. The predicted octanol–water partition coefficient (Wildman–Crippen LogP) is 4.11. The number of thiocarbonyl (C=S) groups is 1. The summed E-state index contributed by atoms with van der Waals surface area (Å²) in [5.41, 5.74) is 12.1. The Bertz CT molecular complexity index is 1270. The molecule has 0 saturated heterocycles. The average Bonchev–Trinajstić information content (AvgIpc) is 3.07. The standard InChI is InChI=1S/C23H29N5O4S2/c1-13-14(2)21(15(3)19-11-23(4,5)32-20(13)19)34(30,31)27-22(33)26-17(12-25-28-24)10-16-6-8-18(29)9-7-16/h6-9,17,29H,10-12H2,1-5H3,(H2,26,27,33)/t17-/m0/s1. The third-order valence-corrected chi connectivity index (χ3v) is 7.88. The number of nitrogens with zero attached hydrogens (tertiary/aromatic N) is 3. The Morgan fingerprint density at radius 2 is 1.88 bits per heavy atom. The molecule has 34 heavy (non-hydrogen) atoms. The molecule has 3 rings (SSSR count). The Balaban J connectivity index is 1.84. The van der Waals surface area contributed by atoms with Crippen molar-refractivity contribution < 1.29 is 18.3 Å². The molecule has 0 saturated carbocycles. The van der Waals surface area contributed by atoms with Gasteiger partial charge in [-0.2, -0.15) is 0 Å². The fourth-order valence-electron chi connectivity index (χ4n) is 4.25. The smallest absolute Gasteiger partial charge is 0.264 e. The zero-order chi connectivity index (χ0) is 25.3. The largest absolute Gasteiger partial charge is 0.508 e. The Kier molecular flexibility index (Phi) is 7.30. The van der Waals surface area contributed by atoms with Crippen LogP contribution in [0, 0.1) is 20.8 Å². The Hall–Kier alpha value is -3.01. The van der Waals surface area contributed by atoms with E-state index >= 15 is 0 Å². The van der Waals surface area contributed by atoms with Gasteiger partial charge in [0.2, 0.25) is 0 Å². The van der Waals surface area contributed by atoms with E-state index in [2.05, 4.69) is 20.1 Å². The minimum atomic E-state index is -3.99. The molecule has 0 amide bonds. The lowest BCUT2D eigenvalue weighted by atomic mass is 9.94. The van der Waals surface area contributed by atoms with Crippen molar-refractivity contribution in [3.8, 4) is 11.5 Å². The second kappa shape index (κ2) is 9.69. The second-order valence-corrected chi connectivity index (χ2v) is 11.1. The van der Waals surface area contributed by atoms with Gasteiger partial charge in [-0.05, 0) is 93.2 Å². The van der Waals surface area contributed by atoms with E-state index in [4.69, 9.17) is 22.5 Å². The Labute approximate surface area is 205 Å². The minimum absolute atomic E-state index is 0.0572. The molecule has 0 unspecified atom stereocenters. The molecule has 1 aliphatic rings. The number of azide groups is 1. The maximum absolute atomic E-state index is 13.4. The van der Waals surface area contributed by atoms with E-state index in [0.29, 0.717) is 24.0 Å². The maximum Gasteiger partial charge on any atom is 0.264 e. The van der Waals surface area contributed by atoms with Crippen LogP contribution in [0.15, 0.2) is 34.3 Å². The lowest BCUT2D eigenvalue weighted by Gasteiger charge is -2.22. The van der Waals surface area contributed by atoms with Crippen molar-refractivity contribution in [2.24, 2.45) is 5.11 Å². The van der Waals surface area contributed by atoms with Crippen LogP contribution >= 0.6 is 12.2 Å². The average molecular weight is 504 g/mol. The molecule has 0 bridgehead atoms. The summed E-state index contributed by atoms with van der Waals surface area (Å²) >= 11 is 5.32. The van der Waals surface area contributed by atoms with Crippen LogP contribution in [-0.4, -0.2) is 36.8 Å². The number of fused-ring (bicyclic) bond motifs is 1. The van der Waals surface area contributed by atoms with E-state index < -0.39 is 21.7 Å². The Morgan fingerprint density at radius 3 is 2.50 bits per heavy atom. The third kappa shape index (κ3) is 5.55. The molecule has 9 nitrogen and oxygen atoms in total. The van der Waals surface area contributed by atoms with Crippen molar-refractivity contribution in [3.63, 3.8) is 0 Å². The quantitative estimate of drug-likeness (QED) is 0.225. The van der Waals surface area contributed by atoms with Gasteiger partial charge >= 0.3 is 0 Å². The number of hydrogen-bond donors (Lipinski definition) is 3. The summed E-state index contributed by atoms with van der Waals surface area (Å²) in [5, 5.41) is 15.9. The maximum atomic E-state index is 13.4. The summed E-state index contributed by atoms with van der Waals surface area (Å²) in [4.78, 5) is 2.98. The normalized spacial score (nSPS) is 15.0. The Morgan fingerprint density at radius 1 is 1.24 bits per heavy atom. The highest BCUT2D eigenvalue weighted by Gasteiger charge is 2.36. The van der Waals surface area contributed by atoms with E-state index in [-0.39, 0.29) is 22.3 Å². The van der Waals surface area contributed by atoms with Gasteiger partial charge in [0, 0.05) is 29.5 Å². The SMILES string of the molecule is Cc1c(C)c(S(=O)(=O)NC(=S)N[C@H](CN=[N+]=[N-])Cc2ccc(O)cc2)c(C)c2c1OC(C)(C)C2. The summed E-state index contributed by atoms with van der Waals surface area (Å²) in [6.07, 6.45) is 1.02. The van der Waals surface area contributed by atoms with Gasteiger partial charge in [-0.25, -0.2) is 8.42 Å². The number of ether oxygens (including phenoxy) is 1. The molecule has 11 heteroatoms. The van der Waals surface area contributed by atoms with Crippen molar-refractivity contribution >= 4 is 27.4 Å². The number of phenols is 1. The van der Waals surface area contributed by atoms with Crippen molar-refractivity contribution in [2.75, 3.05) is 6.54 Å². The molecule has 0 aromatic heterocycles. The summed E-state index contributed by atoms with van der Waals surface area (Å²) in [6.45, 7) is 9.42. The van der Waals surface area contributed by atoms with Gasteiger partial charge in [0.1, 0.15) is 17.1 Å². The van der Waals surface area contributed by atoms with Gasteiger partial charge in [-0.1, -0.05) is 17.2 Å². The number of hydrogen-bond acceptors (Lipinski definition) is 6. The molecule has 1 heterocycles. The lowest BCUT2D eigenvalue weighted by Crippen LogP contribution is -2.46. The van der Waals surface area contributed by atoms with E-state index in [9.17, 15) is 13.5 Å². The summed E-state index contributed by atoms with van der Waals surface area (Å²) in [7, 11) is -3.99. The molecule has 1 atom stereocenters. The molecule has 182 valence electrons. The van der Waals surface area contributed by atoms with Crippen LogP contribution in [0.4, 0.5) is 0 Å². The first-order valence-corrected chi connectivity index (χ1v) is 12.7. The number of phenolic OH excluding ortho intramolecular Hbond substituents is 1. The second-order valence-electron chi connectivity index (χ2n) is 9.11. The van der Waals surface area contributed by atoms with Gasteiger partial charge < -0.3 is 15.2 Å². The number of aromatic hydroxyl groups is 1. The summed E-state index contributed by atoms with van der Waals surface area (Å²) in [6, 6.07) is 6.11. The summed E-state index contributed by atoms with van der Waals surface area (Å²) < 4.78 is 35.4. The van der Waals surface area contributed by atoms with Crippen molar-refractivity contribution in [1.82, 2.24) is 10.0 Å². The van der Waals surface area contributed by atoms with Gasteiger partial charge in [0.15, 0.2) is 5.11 Å². The van der Waals surface area contributed by atoms with Gasteiger partial charge in [-0.3, -0.25) is 4.72 Å². The van der Waals surface area contributed by atoms with Crippen LogP contribution in [0.1, 0.15) is 41.7 Å². The molecule has 3 N–H and O–H groups in total. The summed E-state index contributed by atoms with van der Waals surface area (Å²) in [5.74, 6) is 0.888. The molecule has 2 aromatic rings. The fraction of sp³-hybridized carbons (Fsp3) is 0.435. The minimum Gasteiger partial charge on any atom is -0.508 e. The molecule has 0 spiro atoms. The van der Waals surface area contributed by atoms with E-state index in [1.165, 1.54) is 0 Å².